The molecule has 0 aliphatic heterocycles. The maximum Gasteiger partial charge on any atom is 0.264 e. The molecule has 0 fully saturated rings. The maximum atomic E-state index is 14.4. The number of nitrogens with zero attached hydrogens (tertiary/aromatic N) is 2. The fraction of sp³-hybridized carbons (Fsp3) is 0.212. The summed E-state index contributed by atoms with van der Waals surface area (Å²) in [4.78, 5) is 29.3. The number of anilines is 1. The molecule has 11 heteroatoms. The first-order valence-corrected chi connectivity index (χ1v) is 16.1. The number of rotatable bonds is 13. The lowest BCUT2D eigenvalue weighted by Gasteiger charge is -2.33. The SMILES string of the molecule is CCNC(=O)[C@@H](Cc1ccccc1)N(Cc1ccc(Cl)cc1)C(=O)CN(c1ccc(Cl)cc1)S(=O)(=O)c1ccc(OC)cc1. The Morgan fingerprint density at radius 2 is 1.41 bits per heavy atom. The van der Waals surface area contributed by atoms with Crippen molar-refractivity contribution in [3.63, 3.8) is 0 Å². The van der Waals surface area contributed by atoms with Crippen molar-refractivity contribution >= 4 is 50.7 Å². The summed E-state index contributed by atoms with van der Waals surface area (Å²) in [5.41, 5.74) is 1.81. The van der Waals surface area contributed by atoms with E-state index in [-0.39, 0.29) is 29.5 Å². The van der Waals surface area contributed by atoms with E-state index in [9.17, 15) is 18.0 Å². The van der Waals surface area contributed by atoms with Crippen LogP contribution in [-0.4, -0.2) is 51.4 Å². The molecule has 1 atom stereocenters. The van der Waals surface area contributed by atoms with E-state index >= 15 is 0 Å². The third kappa shape index (κ3) is 8.31. The summed E-state index contributed by atoms with van der Waals surface area (Å²) >= 11 is 12.2. The second kappa shape index (κ2) is 15.1. The summed E-state index contributed by atoms with van der Waals surface area (Å²) in [5, 5.41) is 3.77. The molecule has 0 spiro atoms. The van der Waals surface area contributed by atoms with Gasteiger partial charge in [-0.3, -0.25) is 13.9 Å². The monoisotopic (exact) mass is 653 g/mol. The molecule has 0 aromatic heterocycles. The second-order valence-corrected chi connectivity index (χ2v) is 12.6. The van der Waals surface area contributed by atoms with Crippen LogP contribution in [0.5, 0.6) is 5.75 Å². The van der Waals surface area contributed by atoms with Gasteiger partial charge in [0.15, 0.2) is 0 Å². The van der Waals surface area contributed by atoms with Crippen molar-refractivity contribution in [2.45, 2.75) is 30.8 Å². The lowest BCUT2D eigenvalue weighted by atomic mass is 10.0. The third-order valence-electron chi connectivity index (χ3n) is 6.93. The molecule has 1 N–H and O–H groups in total. The van der Waals surface area contributed by atoms with Gasteiger partial charge in [0.25, 0.3) is 10.0 Å². The quantitative estimate of drug-likeness (QED) is 0.192. The van der Waals surface area contributed by atoms with Gasteiger partial charge in [-0.1, -0.05) is 65.7 Å². The van der Waals surface area contributed by atoms with Crippen LogP contribution in [0.3, 0.4) is 0 Å². The van der Waals surface area contributed by atoms with Gasteiger partial charge in [-0.15, -0.1) is 0 Å². The zero-order valence-corrected chi connectivity index (χ0v) is 26.6. The molecular weight excluding hydrogens is 621 g/mol. The number of amides is 2. The summed E-state index contributed by atoms with van der Waals surface area (Å²) < 4.78 is 34.3. The molecule has 8 nitrogen and oxygen atoms in total. The van der Waals surface area contributed by atoms with Crippen molar-refractivity contribution in [1.82, 2.24) is 10.2 Å². The number of hydrogen-bond donors (Lipinski definition) is 1. The Morgan fingerprint density at radius 1 is 0.818 bits per heavy atom. The number of methoxy groups -OCH3 is 1. The molecule has 4 aromatic rings. The Bertz CT molecular complexity index is 1650. The number of ether oxygens (including phenoxy) is 1. The predicted octanol–water partition coefficient (Wildman–Crippen LogP) is 5.97. The molecule has 4 rings (SSSR count). The molecule has 0 radical (unpaired) electrons. The molecule has 2 amide bonds. The Balaban J connectivity index is 1.78. The van der Waals surface area contributed by atoms with E-state index in [1.54, 1.807) is 43.3 Å². The Kier molecular flexibility index (Phi) is 11.3. The van der Waals surface area contributed by atoms with E-state index in [2.05, 4.69) is 5.32 Å². The number of carbonyl (C=O) groups is 2. The smallest absolute Gasteiger partial charge is 0.264 e. The molecule has 0 aliphatic rings. The van der Waals surface area contributed by atoms with Crippen LogP contribution < -0.4 is 14.4 Å². The highest BCUT2D eigenvalue weighted by Crippen LogP contribution is 2.27. The van der Waals surface area contributed by atoms with Gasteiger partial charge in [0, 0.05) is 29.6 Å². The molecule has 4 aromatic carbocycles. The van der Waals surface area contributed by atoms with Crippen molar-refractivity contribution in [2.75, 3.05) is 24.5 Å². The molecule has 0 heterocycles. The van der Waals surface area contributed by atoms with Crippen molar-refractivity contribution in [1.29, 1.82) is 0 Å². The van der Waals surface area contributed by atoms with Gasteiger partial charge in [0.1, 0.15) is 18.3 Å². The summed E-state index contributed by atoms with van der Waals surface area (Å²) in [7, 11) is -2.76. The summed E-state index contributed by atoms with van der Waals surface area (Å²) in [6, 6.07) is 27.4. The van der Waals surface area contributed by atoms with Gasteiger partial charge in [-0.25, -0.2) is 8.42 Å². The standard InChI is InChI=1S/C33H33Cl2N3O5S/c1-3-36-33(40)31(21-24-7-5-4-6-8-24)37(22-25-9-11-26(34)12-10-25)32(39)23-38(28-15-13-27(35)14-16-28)44(41,42)30-19-17-29(43-2)18-20-30/h4-20,31H,3,21-23H2,1-2H3,(H,36,40)/t31-/m1/s1. The Hall–Kier alpha value is -4.05. The molecule has 0 saturated carbocycles. The molecule has 44 heavy (non-hydrogen) atoms. The van der Waals surface area contributed by atoms with E-state index in [1.807, 2.05) is 30.3 Å². The lowest BCUT2D eigenvalue weighted by Crippen LogP contribution is -2.53. The predicted molar refractivity (Wildman–Crippen MR) is 174 cm³/mol. The number of benzene rings is 4. The number of carbonyl (C=O) groups excluding carboxylic acids is 2. The summed E-state index contributed by atoms with van der Waals surface area (Å²) in [6.45, 7) is 1.62. The average Bonchev–Trinajstić information content (AvgIpc) is 3.03. The van der Waals surface area contributed by atoms with Crippen LogP contribution in [0.25, 0.3) is 0 Å². The van der Waals surface area contributed by atoms with Crippen LogP contribution in [0, 0.1) is 0 Å². The molecule has 0 unspecified atom stereocenters. The van der Waals surface area contributed by atoms with Crippen LogP contribution in [0.1, 0.15) is 18.1 Å². The highest BCUT2D eigenvalue weighted by molar-refractivity contribution is 7.92. The maximum absolute atomic E-state index is 14.4. The van der Waals surface area contributed by atoms with E-state index in [4.69, 9.17) is 27.9 Å². The average molecular weight is 655 g/mol. The van der Waals surface area contributed by atoms with Gasteiger partial charge in [0.05, 0.1) is 17.7 Å². The largest absolute Gasteiger partial charge is 0.497 e. The number of halogens is 2. The van der Waals surface area contributed by atoms with Crippen molar-refractivity contribution in [2.24, 2.45) is 0 Å². The minimum absolute atomic E-state index is 0.0325. The molecular formula is C33H33Cl2N3O5S. The molecule has 230 valence electrons. The van der Waals surface area contributed by atoms with E-state index in [0.717, 1.165) is 15.4 Å². The Morgan fingerprint density at radius 3 is 1.98 bits per heavy atom. The number of likely N-dealkylation sites (N-methyl/N-ethyl adjacent to an activating group) is 1. The molecule has 0 bridgehead atoms. The van der Waals surface area contributed by atoms with Crippen molar-refractivity contribution in [3.05, 3.63) is 124 Å². The molecule has 0 saturated heterocycles. The van der Waals surface area contributed by atoms with Crippen molar-refractivity contribution in [3.8, 4) is 5.75 Å². The summed E-state index contributed by atoms with van der Waals surface area (Å²) in [5.74, 6) is -0.438. The van der Waals surface area contributed by atoms with Gasteiger partial charge in [-0.05, 0) is 78.7 Å². The lowest BCUT2D eigenvalue weighted by molar-refractivity contribution is -0.140. The first-order valence-electron chi connectivity index (χ1n) is 13.9. The summed E-state index contributed by atoms with van der Waals surface area (Å²) in [6.07, 6.45) is 0.220. The minimum Gasteiger partial charge on any atom is -0.497 e. The van der Waals surface area contributed by atoms with E-state index in [0.29, 0.717) is 22.3 Å². The zero-order valence-electron chi connectivity index (χ0n) is 24.3. The minimum atomic E-state index is -4.24. The number of sulfonamides is 1. The Labute approximate surface area is 268 Å². The van der Waals surface area contributed by atoms with E-state index < -0.39 is 28.5 Å². The van der Waals surface area contributed by atoms with Gasteiger partial charge < -0.3 is 15.0 Å². The van der Waals surface area contributed by atoms with Gasteiger partial charge in [0.2, 0.25) is 11.8 Å². The third-order valence-corrected chi connectivity index (χ3v) is 9.22. The van der Waals surface area contributed by atoms with Crippen LogP contribution in [0.2, 0.25) is 10.0 Å². The van der Waals surface area contributed by atoms with Crippen LogP contribution >= 0.6 is 23.2 Å². The van der Waals surface area contributed by atoms with Crippen LogP contribution in [0.15, 0.2) is 108 Å². The first-order chi connectivity index (χ1) is 21.1. The number of hydrogen-bond acceptors (Lipinski definition) is 5. The number of nitrogens with one attached hydrogen (secondary N) is 1. The first kappa shape index (κ1) is 32.9. The van der Waals surface area contributed by atoms with Crippen LogP contribution in [0.4, 0.5) is 5.69 Å². The van der Waals surface area contributed by atoms with Gasteiger partial charge in [-0.2, -0.15) is 0 Å². The van der Waals surface area contributed by atoms with Crippen LogP contribution in [-0.2, 0) is 32.6 Å². The topological polar surface area (TPSA) is 96.0 Å². The fourth-order valence-electron chi connectivity index (χ4n) is 4.64. The normalized spacial score (nSPS) is 11.8. The zero-order chi connectivity index (χ0) is 31.7. The molecule has 0 aliphatic carbocycles. The van der Waals surface area contributed by atoms with Crippen molar-refractivity contribution < 1.29 is 22.7 Å². The fourth-order valence-corrected chi connectivity index (χ4v) is 6.31. The second-order valence-electron chi connectivity index (χ2n) is 9.91. The van der Waals surface area contributed by atoms with Gasteiger partial charge >= 0.3 is 0 Å². The highest BCUT2D eigenvalue weighted by atomic mass is 35.5. The van der Waals surface area contributed by atoms with E-state index in [1.165, 1.54) is 48.4 Å². The highest BCUT2D eigenvalue weighted by Gasteiger charge is 2.34.